The largest absolute Gasteiger partial charge is 0.481 e. The molecule has 1 aromatic rings. The van der Waals surface area contributed by atoms with Crippen LogP contribution in [0.1, 0.15) is 25.7 Å². The minimum Gasteiger partial charge on any atom is -0.481 e. The molecule has 1 amide bonds. The molecule has 1 aliphatic carbocycles. The zero-order valence-electron chi connectivity index (χ0n) is 11.4. The van der Waals surface area contributed by atoms with Crippen molar-refractivity contribution in [1.82, 2.24) is 0 Å². The normalized spacial score (nSPS) is 16.7. The summed E-state index contributed by atoms with van der Waals surface area (Å²) in [6.45, 7) is 0. The molecule has 1 aromatic carbocycles. The number of carboxylic acid groups (broad SMARTS) is 1. The third-order valence-corrected chi connectivity index (χ3v) is 4.46. The van der Waals surface area contributed by atoms with Crippen LogP contribution in [0.25, 0.3) is 0 Å². The second-order valence-corrected chi connectivity index (χ2v) is 6.31. The summed E-state index contributed by atoms with van der Waals surface area (Å²) >= 11 is -0.318. The lowest BCUT2D eigenvalue weighted by Gasteiger charge is -2.36. The highest BCUT2D eigenvalue weighted by molar-refractivity contribution is 8.00. The molecule has 1 fully saturated rings. The highest BCUT2D eigenvalue weighted by Crippen LogP contribution is 2.45. The van der Waals surface area contributed by atoms with Gasteiger partial charge in [-0.3, -0.25) is 9.59 Å². The molecular formula is C14H14F3NO3S. The van der Waals surface area contributed by atoms with Crippen molar-refractivity contribution in [3.05, 3.63) is 24.3 Å². The summed E-state index contributed by atoms with van der Waals surface area (Å²) < 4.78 is 37.4. The molecule has 0 aliphatic heterocycles. The van der Waals surface area contributed by atoms with Gasteiger partial charge in [0.05, 0.1) is 11.1 Å². The Balaban J connectivity index is 2.07. The van der Waals surface area contributed by atoms with Gasteiger partial charge < -0.3 is 10.4 Å². The fraction of sp³-hybridized carbons (Fsp3) is 0.429. The van der Waals surface area contributed by atoms with Gasteiger partial charge in [-0.1, -0.05) is 18.6 Å². The minimum atomic E-state index is -4.46. The van der Waals surface area contributed by atoms with E-state index in [1.165, 1.54) is 24.3 Å². The molecule has 0 saturated heterocycles. The summed E-state index contributed by atoms with van der Waals surface area (Å²) in [4.78, 5) is 23.1. The zero-order valence-corrected chi connectivity index (χ0v) is 12.3. The molecule has 120 valence electrons. The van der Waals surface area contributed by atoms with Gasteiger partial charge in [-0.05, 0) is 36.7 Å². The number of hydrogen-bond donors (Lipinski definition) is 2. The van der Waals surface area contributed by atoms with Gasteiger partial charge in [-0.25, -0.2) is 0 Å². The van der Waals surface area contributed by atoms with Crippen LogP contribution < -0.4 is 5.32 Å². The maximum atomic E-state index is 12.5. The van der Waals surface area contributed by atoms with E-state index in [0.29, 0.717) is 12.8 Å². The Hall–Kier alpha value is -1.70. The number of nitrogens with one attached hydrogen (secondary N) is 1. The predicted molar refractivity (Wildman–Crippen MR) is 75.5 cm³/mol. The molecule has 0 spiro atoms. The molecule has 0 aromatic heterocycles. The van der Waals surface area contributed by atoms with Crippen LogP contribution in [0, 0.1) is 5.41 Å². The maximum Gasteiger partial charge on any atom is 0.446 e. The summed E-state index contributed by atoms with van der Waals surface area (Å²) in [5.41, 5.74) is -5.50. The van der Waals surface area contributed by atoms with Crippen LogP contribution in [0.15, 0.2) is 29.2 Å². The smallest absolute Gasteiger partial charge is 0.446 e. The Labute approximate surface area is 129 Å². The fourth-order valence-electron chi connectivity index (χ4n) is 2.36. The van der Waals surface area contributed by atoms with E-state index in [0.717, 1.165) is 6.42 Å². The highest BCUT2D eigenvalue weighted by atomic mass is 32.2. The van der Waals surface area contributed by atoms with Crippen LogP contribution in [-0.2, 0) is 9.59 Å². The first kappa shape index (κ1) is 16.7. The fourth-order valence-corrected chi connectivity index (χ4v) is 2.98. The Morgan fingerprint density at radius 2 is 1.91 bits per heavy atom. The monoisotopic (exact) mass is 333 g/mol. The van der Waals surface area contributed by atoms with Crippen molar-refractivity contribution in [1.29, 1.82) is 0 Å². The van der Waals surface area contributed by atoms with Crippen LogP contribution in [0.5, 0.6) is 0 Å². The van der Waals surface area contributed by atoms with Crippen LogP contribution in [0.2, 0.25) is 0 Å². The number of carboxylic acids is 1. The van der Waals surface area contributed by atoms with E-state index in [4.69, 9.17) is 0 Å². The summed E-state index contributed by atoms with van der Waals surface area (Å²) in [7, 11) is 0. The molecule has 0 unspecified atom stereocenters. The molecule has 8 heteroatoms. The molecular weight excluding hydrogens is 319 g/mol. The van der Waals surface area contributed by atoms with Gasteiger partial charge >= 0.3 is 11.5 Å². The number of para-hydroxylation sites is 1. The lowest BCUT2D eigenvalue weighted by Crippen LogP contribution is -2.41. The molecule has 4 nitrogen and oxygen atoms in total. The van der Waals surface area contributed by atoms with E-state index in [1.807, 2.05) is 0 Å². The second kappa shape index (κ2) is 6.20. The summed E-state index contributed by atoms with van der Waals surface area (Å²) in [6, 6.07) is 5.56. The van der Waals surface area contributed by atoms with Gasteiger partial charge in [-0.15, -0.1) is 0 Å². The topological polar surface area (TPSA) is 66.4 Å². The number of carbonyl (C=O) groups is 2. The van der Waals surface area contributed by atoms with Crippen LogP contribution >= 0.6 is 11.8 Å². The van der Waals surface area contributed by atoms with E-state index in [2.05, 4.69) is 5.32 Å². The van der Waals surface area contributed by atoms with Crippen molar-refractivity contribution in [2.75, 3.05) is 5.32 Å². The van der Waals surface area contributed by atoms with Gasteiger partial charge in [0.2, 0.25) is 5.91 Å². The Morgan fingerprint density at radius 1 is 1.27 bits per heavy atom. The predicted octanol–water partition coefficient (Wildman–Crippen LogP) is 3.88. The third kappa shape index (κ3) is 3.94. The van der Waals surface area contributed by atoms with E-state index in [9.17, 15) is 27.9 Å². The van der Waals surface area contributed by atoms with Gasteiger partial charge in [0, 0.05) is 11.3 Å². The first-order chi connectivity index (χ1) is 10.2. The average Bonchev–Trinajstić information content (AvgIpc) is 2.34. The molecule has 0 bridgehead atoms. The van der Waals surface area contributed by atoms with E-state index in [-0.39, 0.29) is 28.8 Å². The van der Waals surface area contributed by atoms with E-state index in [1.54, 1.807) is 0 Å². The van der Waals surface area contributed by atoms with Crippen LogP contribution in [0.4, 0.5) is 18.9 Å². The molecule has 2 N–H and O–H groups in total. The standard InChI is InChI=1S/C14H14F3NO3S/c15-14(16,17)22-10-5-2-1-4-9(10)18-11(19)8-13(12(20)21)6-3-7-13/h1-2,4-5H,3,6-8H2,(H,18,19)(H,20,21). The minimum absolute atomic E-state index is 0.0367. The average molecular weight is 333 g/mol. The summed E-state index contributed by atoms with van der Waals surface area (Å²) in [6.07, 6.45) is 1.33. The number of hydrogen-bond acceptors (Lipinski definition) is 3. The van der Waals surface area contributed by atoms with Crippen molar-refractivity contribution >= 4 is 29.3 Å². The molecule has 0 heterocycles. The molecule has 0 radical (unpaired) electrons. The van der Waals surface area contributed by atoms with Gasteiger partial charge in [0.15, 0.2) is 0 Å². The lowest BCUT2D eigenvalue weighted by atomic mass is 9.66. The molecule has 1 saturated carbocycles. The second-order valence-electron chi connectivity index (χ2n) is 5.21. The number of aliphatic carboxylic acids is 1. The maximum absolute atomic E-state index is 12.5. The zero-order chi connectivity index (χ0) is 16.4. The van der Waals surface area contributed by atoms with Crippen molar-refractivity contribution in [2.45, 2.75) is 36.1 Å². The number of carbonyl (C=O) groups excluding carboxylic acids is 1. The van der Waals surface area contributed by atoms with Crippen LogP contribution in [0.3, 0.4) is 0 Å². The van der Waals surface area contributed by atoms with Crippen molar-refractivity contribution < 1.29 is 27.9 Å². The number of thioether (sulfide) groups is 1. The SMILES string of the molecule is O=C(CC1(C(=O)O)CCC1)Nc1ccccc1SC(F)(F)F. The van der Waals surface area contributed by atoms with Gasteiger partial charge in [0.25, 0.3) is 0 Å². The Bertz CT molecular complexity index is 585. The lowest BCUT2D eigenvalue weighted by molar-refractivity contribution is -0.157. The highest BCUT2D eigenvalue weighted by Gasteiger charge is 2.46. The van der Waals surface area contributed by atoms with Crippen LogP contribution in [-0.4, -0.2) is 22.5 Å². The summed E-state index contributed by atoms with van der Waals surface area (Å²) in [5, 5.41) is 11.6. The number of amides is 1. The number of benzene rings is 1. The molecule has 1 aliphatic rings. The quantitative estimate of drug-likeness (QED) is 0.803. The number of alkyl halides is 3. The molecule has 22 heavy (non-hydrogen) atoms. The number of rotatable bonds is 5. The van der Waals surface area contributed by atoms with E-state index < -0.39 is 22.8 Å². The Kier molecular flexibility index (Phi) is 4.69. The van der Waals surface area contributed by atoms with Crippen molar-refractivity contribution in [2.24, 2.45) is 5.41 Å². The van der Waals surface area contributed by atoms with Crippen molar-refractivity contribution in [3.8, 4) is 0 Å². The van der Waals surface area contributed by atoms with Gasteiger partial charge in [-0.2, -0.15) is 13.2 Å². The van der Waals surface area contributed by atoms with E-state index >= 15 is 0 Å². The molecule has 0 atom stereocenters. The summed E-state index contributed by atoms with van der Waals surface area (Å²) in [5.74, 6) is -1.62. The van der Waals surface area contributed by atoms with Crippen molar-refractivity contribution in [3.63, 3.8) is 0 Å². The number of halogens is 3. The third-order valence-electron chi connectivity index (χ3n) is 3.65. The Morgan fingerprint density at radius 3 is 2.41 bits per heavy atom. The first-order valence-electron chi connectivity index (χ1n) is 6.60. The number of anilines is 1. The first-order valence-corrected chi connectivity index (χ1v) is 7.42. The van der Waals surface area contributed by atoms with Gasteiger partial charge in [0.1, 0.15) is 0 Å². The molecule has 2 rings (SSSR count).